The van der Waals surface area contributed by atoms with E-state index in [1.165, 1.54) is 59.3 Å². The number of benzene rings is 7. The molecule has 234 valence electrons. The molecule has 2 unspecified atom stereocenters. The van der Waals surface area contributed by atoms with Crippen molar-refractivity contribution in [2.75, 3.05) is 0 Å². The zero-order valence-electron chi connectivity index (χ0n) is 27.0. The minimum absolute atomic E-state index is 0.373. The van der Waals surface area contributed by atoms with Gasteiger partial charge in [-0.25, -0.2) is 9.98 Å². The Hall–Kier alpha value is -6.10. The van der Waals surface area contributed by atoms with Gasteiger partial charge in [0.2, 0.25) is 0 Å². The summed E-state index contributed by atoms with van der Waals surface area (Å²) in [6.45, 7) is 0. The Bertz CT molecular complexity index is 2750. The van der Waals surface area contributed by atoms with Gasteiger partial charge in [0.1, 0.15) is 11.7 Å². The van der Waals surface area contributed by atoms with Gasteiger partial charge in [-0.1, -0.05) is 152 Å². The van der Waals surface area contributed by atoms with Crippen LogP contribution in [0.4, 0.5) is 0 Å². The van der Waals surface area contributed by atoms with Crippen LogP contribution < -0.4 is 5.32 Å². The number of rotatable bonds is 3. The van der Waals surface area contributed by atoms with Crippen molar-refractivity contribution in [3.8, 4) is 22.3 Å². The molecule has 1 aliphatic heterocycles. The Labute approximate surface area is 294 Å². The molecular weight excluding hydrogens is 627 g/mol. The van der Waals surface area contributed by atoms with Gasteiger partial charge in [-0.05, 0) is 61.8 Å². The van der Waals surface area contributed by atoms with Crippen LogP contribution >= 0.6 is 11.3 Å². The molecule has 2 atom stereocenters. The fraction of sp³-hybridized carbons (Fsp3) is 0.0435. The van der Waals surface area contributed by atoms with Gasteiger partial charge in [-0.3, -0.25) is 0 Å². The second kappa shape index (κ2) is 10.4. The molecule has 50 heavy (non-hydrogen) atoms. The zero-order chi connectivity index (χ0) is 32.8. The SMILES string of the molecule is c1ccc(C2N=C(c3ccc4c(c3)C3(c5ccccc5-4)c4ccccc4-c4c3sc3ccccc43)NC(c3cccc4ccccc34)=N2)cc1. The number of hydrogen-bond acceptors (Lipinski definition) is 4. The zero-order valence-corrected chi connectivity index (χ0v) is 27.8. The smallest absolute Gasteiger partial charge is 0.169 e. The molecule has 0 saturated heterocycles. The summed E-state index contributed by atoms with van der Waals surface area (Å²) in [7, 11) is 0. The first-order valence-corrected chi connectivity index (χ1v) is 17.9. The Morgan fingerprint density at radius 1 is 0.500 bits per heavy atom. The van der Waals surface area contributed by atoms with E-state index in [1.54, 1.807) is 0 Å². The molecule has 0 saturated carbocycles. The number of amidine groups is 2. The Balaban J connectivity index is 1.15. The lowest BCUT2D eigenvalue weighted by molar-refractivity contribution is 0.755. The van der Waals surface area contributed by atoms with E-state index in [9.17, 15) is 0 Å². The maximum absolute atomic E-state index is 5.31. The molecule has 0 bridgehead atoms. The van der Waals surface area contributed by atoms with Crippen molar-refractivity contribution >= 4 is 43.9 Å². The van der Waals surface area contributed by atoms with Crippen LogP contribution in [0.2, 0.25) is 0 Å². The summed E-state index contributed by atoms with van der Waals surface area (Å²) < 4.78 is 1.33. The monoisotopic (exact) mass is 655 g/mol. The molecule has 7 aromatic carbocycles. The number of nitrogens with zero attached hydrogens (tertiary/aromatic N) is 2. The van der Waals surface area contributed by atoms with E-state index < -0.39 is 5.41 Å². The van der Waals surface area contributed by atoms with E-state index in [2.05, 4.69) is 163 Å². The fourth-order valence-corrected chi connectivity index (χ4v) is 10.1. The Morgan fingerprint density at radius 3 is 2.02 bits per heavy atom. The number of hydrogen-bond donors (Lipinski definition) is 1. The normalized spacial score (nSPS) is 18.3. The van der Waals surface area contributed by atoms with Crippen molar-refractivity contribution in [2.24, 2.45) is 9.98 Å². The molecule has 0 amide bonds. The predicted molar refractivity (Wildman–Crippen MR) is 207 cm³/mol. The number of thiophene rings is 1. The van der Waals surface area contributed by atoms with Gasteiger partial charge in [0, 0.05) is 31.7 Å². The first kappa shape index (κ1) is 27.8. The summed E-state index contributed by atoms with van der Waals surface area (Å²) in [5.74, 6) is 1.66. The topological polar surface area (TPSA) is 36.8 Å². The third-order valence-electron chi connectivity index (χ3n) is 10.7. The van der Waals surface area contributed by atoms with Crippen LogP contribution in [0.15, 0.2) is 174 Å². The van der Waals surface area contributed by atoms with Crippen molar-refractivity contribution in [3.63, 3.8) is 0 Å². The van der Waals surface area contributed by atoms with Crippen LogP contribution in [0.3, 0.4) is 0 Å². The van der Waals surface area contributed by atoms with Crippen LogP contribution in [-0.2, 0) is 5.41 Å². The van der Waals surface area contributed by atoms with Crippen molar-refractivity contribution in [1.82, 2.24) is 5.32 Å². The highest BCUT2D eigenvalue weighted by Gasteiger charge is 2.53. The van der Waals surface area contributed by atoms with Crippen LogP contribution in [0, 0.1) is 0 Å². The lowest BCUT2D eigenvalue weighted by atomic mass is 9.73. The maximum atomic E-state index is 5.31. The fourth-order valence-electron chi connectivity index (χ4n) is 8.63. The predicted octanol–water partition coefficient (Wildman–Crippen LogP) is 10.9. The summed E-state index contributed by atoms with van der Waals surface area (Å²) >= 11 is 1.94. The average Bonchev–Trinajstić information content (AvgIpc) is 3.81. The summed E-state index contributed by atoms with van der Waals surface area (Å²) in [5, 5.41) is 7.41. The molecule has 11 rings (SSSR count). The summed E-state index contributed by atoms with van der Waals surface area (Å²) in [4.78, 5) is 11.9. The summed E-state index contributed by atoms with van der Waals surface area (Å²) in [6, 6.07) is 59.3. The van der Waals surface area contributed by atoms with E-state index in [0.29, 0.717) is 0 Å². The van der Waals surface area contributed by atoms with E-state index in [-0.39, 0.29) is 6.17 Å². The molecule has 3 nitrogen and oxygen atoms in total. The molecule has 0 fully saturated rings. The quantitative estimate of drug-likeness (QED) is 0.202. The third kappa shape index (κ3) is 3.74. The number of aliphatic imine (C=N–C) groups is 2. The van der Waals surface area contributed by atoms with Gasteiger partial charge in [0.05, 0.1) is 5.41 Å². The number of nitrogens with one attached hydrogen (secondary N) is 1. The van der Waals surface area contributed by atoms with Gasteiger partial charge in [-0.2, -0.15) is 0 Å². The molecule has 1 N–H and O–H groups in total. The van der Waals surface area contributed by atoms with Gasteiger partial charge in [0.15, 0.2) is 6.17 Å². The van der Waals surface area contributed by atoms with Crippen molar-refractivity contribution in [1.29, 1.82) is 0 Å². The second-order valence-corrected chi connectivity index (χ2v) is 14.3. The van der Waals surface area contributed by atoms with E-state index >= 15 is 0 Å². The largest absolute Gasteiger partial charge is 0.324 e. The minimum Gasteiger partial charge on any atom is -0.324 e. The minimum atomic E-state index is -0.418. The first-order valence-electron chi connectivity index (χ1n) is 17.1. The van der Waals surface area contributed by atoms with Gasteiger partial charge < -0.3 is 5.32 Å². The molecule has 8 aromatic rings. The average molecular weight is 656 g/mol. The Morgan fingerprint density at radius 2 is 1.14 bits per heavy atom. The van der Waals surface area contributed by atoms with E-state index in [0.717, 1.165) is 33.7 Å². The second-order valence-electron chi connectivity index (χ2n) is 13.3. The van der Waals surface area contributed by atoms with Gasteiger partial charge in [0.25, 0.3) is 0 Å². The lowest BCUT2D eigenvalue weighted by Gasteiger charge is -2.30. The summed E-state index contributed by atoms with van der Waals surface area (Å²) in [6.07, 6.45) is -0.373. The lowest BCUT2D eigenvalue weighted by Crippen LogP contribution is -2.36. The molecule has 2 aliphatic carbocycles. The maximum Gasteiger partial charge on any atom is 0.169 e. The molecule has 1 aromatic heterocycles. The van der Waals surface area contributed by atoms with Crippen molar-refractivity contribution in [3.05, 3.63) is 202 Å². The van der Waals surface area contributed by atoms with Crippen molar-refractivity contribution < 1.29 is 0 Å². The molecule has 0 radical (unpaired) electrons. The highest BCUT2D eigenvalue weighted by molar-refractivity contribution is 7.20. The van der Waals surface area contributed by atoms with Crippen molar-refractivity contribution in [2.45, 2.75) is 11.6 Å². The molecule has 2 heterocycles. The van der Waals surface area contributed by atoms with Gasteiger partial charge >= 0.3 is 0 Å². The van der Waals surface area contributed by atoms with E-state index in [1.807, 2.05) is 17.4 Å². The Kier molecular flexibility index (Phi) is 5.81. The standard InChI is InChI=1S/C46H29N3S/c1-2-14-29(15-3-1)43-47-44(49-45(48-43)34-21-12-16-28-13-4-5-17-31(28)34)30-25-26-33-32-18-6-9-22-37(32)46(39(33)27-30)38-23-10-7-19-35(38)41-36-20-8-11-24-40(36)50-42(41)46/h1-27,43H,(H,47,48,49). The van der Waals surface area contributed by atoms with E-state index in [4.69, 9.17) is 9.98 Å². The molecule has 3 aliphatic rings. The van der Waals surface area contributed by atoms with Crippen LogP contribution in [0.25, 0.3) is 43.1 Å². The number of fused-ring (bicyclic) bond motifs is 13. The highest BCUT2D eigenvalue weighted by atomic mass is 32.1. The van der Waals surface area contributed by atoms with Crippen LogP contribution in [0.1, 0.15) is 44.4 Å². The van der Waals surface area contributed by atoms with Gasteiger partial charge in [-0.15, -0.1) is 11.3 Å². The first-order chi connectivity index (χ1) is 24.8. The van der Waals surface area contributed by atoms with Crippen LogP contribution in [-0.4, -0.2) is 11.7 Å². The van der Waals surface area contributed by atoms with Crippen LogP contribution in [0.5, 0.6) is 0 Å². The molecule has 1 spiro atoms. The molecular formula is C46H29N3S. The third-order valence-corrected chi connectivity index (χ3v) is 12.0. The molecule has 4 heteroatoms. The summed E-state index contributed by atoms with van der Waals surface area (Å²) in [5.41, 5.74) is 12.1. The highest BCUT2D eigenvalue weighted by Crippen LogP contribution is 2.65.